The maximum Gasteiger partial charge on any atom is 0.274 e. The maximum atomic E-state index is 13.2. The molecule has 1 N–H and O–H groups in total. The fraction of sp³-hybridized carbons (Fsp3) is 0.120. The molecule has 0 aliphatic carbocycles. The van der Waals surface area contributed by atoms with Gasteiger partial charge in [0.25, 0.3) is 11.5 Å². The number of anilines is 1. The van der Waals surface area contributed by atoms with Gasteiger partial charge in [-0.2, -0.15) is 0 Å². The summed E-state index contributed by atoms with van der Waals surface area (Å²) in [4.78, 5) is 39.1. The number of aromatic nitrogens is 4. The van der Waals surface area contributed by atoms with E-state index in [9.17, 15) is 9.59 Å². The molecular weight excluding hydrogens is 402 g/mol. The molecule has 0 aliphatic rings. The molecule has 7 heteroatoms. The van der Waals surface area contributed by atoms with Gasteiger partial charge in [-0.05, 0) is 48.2 Å². The van der Waals surface area contributed by atoms with Crippen molar-refractivity contribution >= 4 is 33.4 Å². The summed E-state index contributed by atoms with van der Waals surface area (Å²) >= 11 is 0. The van der Waals surface area contributed by atoms with Crippen LogP contribution in [0.15, 0.2) is 72.0 Å². The molecule has 0 unspecified atom stereocenters. The minimum Gasteiger partial charge on any atom is -0.357 e. The van der Waals surface area contributed by atoms with Crippen LogP contribution in [0.3, 0.4) is 0 Å². The number of nitrogens with zero attached hydrogens (tertiary/aromatic N) is 4. The fourth-order valence-electron chi connectivity index (χ4n) is 3.95. The van der Waals surface area contributed by atoms with Gasteiger partial charge < -0.3 is 9.55 Å². The van der Waals surface area contributed by atoms with E-state index in [1.807, 2.05) is 43.3 Å². The van der Waals surface area contributed by atoms with Crippen molar-refractivity contribution in [1.82, 2.24) is 19.5 Å². The highest BCUT2D eigenvalue weighted by atomic mass is 16.2. The third-order valence-electron chi connectivity index (χ3n) is 5.77. The zero-order valence-corrected chi connectivity index (χ0v) is 18.0. The number of fused-ring (bicyclic) bond motifs is 2. The summed E-state index contributed by atoms with van der Waals surface area (Å²) in [7, 11) is 3.43. The molecule has 1 amide bonds. The van der Waals surface area contributed by atoms with Crippen LogP contribution in [0, 0.1) is 6.92 Å². The molecule has 4 heterocycles. The number of nitrogens with one attached hydrogen (secondary N) is 1. The Morgan fingerprint density at radius 1 is 1.09 bits per heavy atom. The molecular formula is C25H21N5O2. The van der Waals surface area contributed by atoms with Crippen molar-refractivity contribution < 1.29 is 4.79 Å². The quantitative estimate of drug-likeness (QED) is 0.474. The molecule has 158 valence electrons. The van der Waals surface area contributed by atoms with Gasteiger partial charge >= 0.3 is 0 Å². The Labute approximate surface area is 184 Å². The van der Waals surface area contributed by atoms with Gasteiger partial charge in [-0.1, -0.05) is 12.1 Å². The summed E-state index contributed by atoms with van der Waals surface area (Å²) in [5.41, 5.74) is 3.53. The van der Waals surface area contributed by atoms with Gasteiger partial charge in [-0.3, -0.25) is 19.5 Å². The Kier molecular flexibility index (Phi) is 4.59. The summed E-state index contributed by atoms with van der Waals surface area (Å²) in [6.45, 7) is 1.97. The predicted octanol–water partition coefficient (Wildman–Crippen LogP) is 4.06. The number of rotatable bonds is 3. The van der Waals surface area contributed by atoms with E-state index in [1.165, 1.54) is 0 Å². The number of amides is 1. The predicted molar refractivity (Wildman–Crippen MR) is 126 cm³/mol. The van der Waals surface area contributed by atoms with Gasteiger partial charge in [0, 0.05) is 60.8 Å². The Hall–Kier alpha value is -4.26. The average Bonchev–Trinajstić information content (AvgIpc) is 3.31. The molecule has 0 bridgehead atoms. The smallest absolute Gasteiger partial charge is 0.274 e. The van der Waals surface area contributed by atoms with E-state index in [-0.39, 0.29) is 11.5 Å². The van der Waals surface area contributed by atoms with E-state index in [1.54, 1.807) is 54.4 Å². The number of aromatic amines is 1. The second kappa shape index (κ2) is 7.46. The monoisotopic (exact) mass is 423 g/mol. The van der Waals surface area contributed by atoms with E-state index >= 15 is 0 Å². The van der Waals surface area contributed by atoms with Crippen molar-refractivity contribution in [2.45, 2.75) is 6.92 Å². The number of H-pyrrole nitrogens is 1. The molecule has 0 atom stereocenters. The summed E-state index contributed by atoms with van der Waals surface area (Å²) in [5.74, 6) is 0.376. The van der Waals surface area contributed by atoms with Gasteiger partial charge in [-0.25, -0.2) is 4.98 Å². The molecule has 1 aromatic carbocycles. The lowest BCUT2D eigenvalue weighted by Crippen LogP contribution is -2.27. The normalized spacial score (nSPS) is 11.2. The number of carbonyl (C=O) groups excluding carboxylic acids is 1. The third-order valence-corrected chi connectivity index (χ3v) is 5.77. The molecule has 0 spiro atoms. The van der Waals surface area contributed by atoms with E-state index in [4.69, 9.17) is 4.98 Å². The van der Waals surface area contributed by atoms with Crippen LogP contribution in [0.4, 0.5) is 5.82 Å². The lowest BCUT2D eigenvalue weighted by atomic mass is 10.0. The first kappa shape index (κ1) is 19.7. The van der Waals surface area contributed by atoms with Crippen molar-refractivity contribution in [2.24, 2.45) is 7.05 Å². The first-order valence-corrected chi connectivity index (χ1v) is 10.2. The highest BCUT2D eigenvalue weighted by Gasteiger charge is 2.18. The zero-order chi connectivity index (χ0) is 22.4. The minimum absolute atomic E-state index is 0.0960. The van der Waals surface area contributed by atoms with Gasteiger partial charge in [0.05, 0.1) is 5.69 Å². The van der Waals surface area contributed by atoms with Crippen LogP contribution < -0.4 is 10.5 Å². The van der Waals surface area contributed by atoms with Gasteiger partial charge in [0.1, 0.15) is 11.3 Å². The van der Waals surface area contributed by atoms with Crippen molar-refractivity contribution in [2.75, 3.05) is 11.9 Å². The Morgan fingerprint density at radius 3 is 2.78 bits per heavy atom. The molecule has 4 aromatic heterocycles. The number of benzene rings is 1. The van der Waals surface area contributed by atoms with Gasteiger partial charge in [0.2, 0.25) is 0 Å². The Balaban J connectivity index is 1.58. The second-order valence-corrected chi connectivity index (χ2v) is 7.86. The first-order valence-electron chi connectivity index (χ1n) is 10.2. The van der Waals surface area contributed by atoms with Crippen LogP contribution in [-0.4, -0.2) is 32.5 Å². The van der Waals surface area contributed by atoms with Gasteiger partial charge in [-0.15, -0.1) is 0 Å². The standard InChI is InChI=1S/C25H21N5O2/c1-15-4-7-21(28-22(15)20-14-29(2)25(32)23-19(20)9-11-27-23)30(3)24(31)17-5-6-18-13-26-10-8-16(18)12-17/h4-14,27H,1-3H3. The lowest BCUT2D eigenvalue weighted by molar-refractivity contribution is 0.0992. The van der Waals surface area contributed by atoms with Crippen molar-refractivity contribution in [3.8, 4) is 11.3 Å². The summed E-state index contributed by atoms with van der Waals surface area (Å²) < 4.78 is 1.54. The Bertz CT molecular complexity index is 1560. The Morgan fingerprint density at radius 2 is 1.94 bits per heavy atom. The third kappa shape index (κ3) is 3.15. The van der Waals surface area contributed by atoms with E-state index in [0.29, 0.717) is 16.9 Å². The largest absolute Gasteiger partial charge is 0.357 e. The highest BCUT2D eigenvalue weighted by molar-refractivity contribution is 6.07. The van der Waals surface area contributed by atoms with Crippen LogP contribution in [0.2, 0.25) is 0 Å². The highest BCUT2D eigenvalue weighted by Crippen LogP contribution is 2.29. The summed E-state index contributed by atoms with van der Waals surface area (Å²) in [6.07, 6.45) is 7.02. The van der Waals surface area contributed by atoms with E-state index in [0.717, 1.165) is 33.0 Å². The number of carbonyl (C=O) groups is 1. The molecule has 0 aliphatic heterocycles. The number of hydrogen-bond acceptors (Lipinski definition) is 4. The minimum atomic E-state index is -0.154. The summed E-state index contributed by atoms with van der Waals surface area (Å²) in [5, 5.41) is 2.74. The van der Waals surface area contributed by atoms with Crippen LogP contribution >= 0.6 is 0 Å². The molecule has 0 saturated heterocycles. The van der Waals surface area contributed by atoms with Crippen LogP contribution in [0.5, 0.6) is 0 Å². The second-order valence-electron chi connectivity index (χ2n) is 7.86. The molecule has 0 radical (unpaired) electrons. The number of pyridine rings is 3. The molecule has 0 fully saturated rings. The van der Waals surface area contributed by atoms with Crippen LogP contribution in [0.1, 0.15) is 15.9 Å². The zero-order valence-electron chi connectivity index (χ0n) is 18.0. The SMILES string of the molecule is Cc1ccc(N(C)C(=O)c2ccc3cnccc3c2)nc1-c1cn(C)c(=O)c2[nH]ccc12. The molecule has 5 rings (SSSR count). The van der Waals surface area contributed by atoms with Gasteiger partial charge in [0.15, 0.2) is 0 Å². The molecule has 32 heavy (non-hydrogen) atoms. The first-order chi connectivity index (χ1) is 15.4. The van der Waals surface area contributed by atoms with Crippen molar-refractivity contribution in [1.29, 1.82) is 0 Å². The average molecular weight is 423 g/mol. The van der Waals surface area contributed by atoms with E-state index < -0.39 is 0 Å². The molecule has 5 aromatic rings. The van der Waals surface area contributed by atoms with Crippen molar-refractivity contribution in [3.63, 3.8) is 0 Å². The maximum absolute atomic E-state index is 13.2. The fourth-order valence-corrected chi connectivity index (χ4v) is 3.95. The summed E-state index contributed by atoms with van der Waals surface area (Å²) in [6, 6.07) is 13.1. The molecule has 0 saturated carbocycles. The van der Waals surface area contributed by atoms with Crippen LogP contribution in [-0.2, 0) is 7.05 Å². The van der Waals surface area contributed by atoms with Crippen LogP contribution in [0.25, 0.3) is 32.9 Å². The molecule has 7 nitrogen and oxygen atoms in total. The lowest BCUT2D eigenvalue weighted by Gasteiger charge is -2.19. The van der Waals surface area contributed by atoms with Crippen molar-refractivity contribution in [3.05, 3.63) is 88.7 Å². The number of hydrogen-bond donors (Lipinski definition) is 1. The number of aryl methyl sites for hydroxylation is 2. The van der Waals surface area contributed by atoms with E-state index in [2.05, 4.69) is 9.97 Å². The topological polar surface area (TPSA) is 83.9 Å².